The zero-order valence-corrected chi connectivity index (χ0v) is 15.6. The van der Waals surface area contributed by atoms with Crippen molar-refractivity contribution in [1.29, 1.82) is 0 Å². The van der Waals surface area contributed by atoms with Crippen LogP contribution in [0.15, 0.2) is 52.4 Å². The van der Waals surface area contributed by atoms with Crippen LogP contribution in [0.3, 0.4) is 0 Å². The Morgan fingerprint density at radius 3 is 2.44 bits per heavy atom. The third-order valence-electron chi connectivity index (χ3n) is 3.93. The number of hydrogen-bond donors (Lipinski definition) is 1. The highest BCUT2D eigenvalue weighted by molar-refractivity contribution is 8.18. The van der Waals surface area contributed by atoms with Crippen molar-refractivity contribution in [1.82, 2.24) is 5.32 Å². The van der Waals surface area contributed by atoms with E-state index in [2.05, 4.69) is 23.3 Å². The first kappa shape index (κ1) is 17.3. The van der Waals surface area contributed by atoms with Crippen molar-refractivity contribution in [2.24, 2.45) is 4.99 Å². The predicted octanol–water partition coefficient (Wildman–Crippen LogP) is 4.26. The molecule has 1 heterocycles. The van der Waals surface area contributed by atoms with Crippen LogP contribution in [0, 0.1) is 13.8 Å². The monoisotopic (exact) mass is 351 g/mol. The lowest BCUT2D eigenvalue weighted by molar-refractivity contribution is -0.115. The van der Waals surface area contributed by atoms with E-state index in [4.69, 9.17) is 0 Å². The van der Waals surface area contributed by atoms with Crippen LogP contribution >= 0.6 is 11.8 Å². The van der Waals surface area contributed by atoms with E-state index in [9.17, 15) is 4.79 Å². The Morgan fingerprint density at radius 1 is 1.08 bits per heavy atom. The van der Waals surface area contributed by atoms with Crippen molar-refractivity contribution in [2.45, 2.75) is 13.8 Å². The van der Waals surface area contributed by atoms with Crippen molar-refractivity contribution in [3.05, 3.63) is 64.1 Å². The molecule has 0 unspecified atom stereocenters. The van der Waals surface area contributed by atoms with Gasteiger partial charge in [-0.3, -0.25) is 4.79 Å². The average molecular weight is 351 g/mol. The van der Waals surface area contributed by atoms with Crippen molar-refractivity contribution in [2.75, 3.05) is 19.0 Å². The summed E-state index contributed by atoms with van der Waals surface area (Å²) >= 11 is 1.37. The van der Waals surface area contributed by atoms with Crippen LogP contribution < -0.4 is 10.2 Å². The summed E-state index contributed by atoms with van der Waals surface area (Å²) in [6.45, 7) is 4.08. The van der Waals surface area contributed by atoms with Gasteiger partial charge in [0, 0.05) is 19.8 Å². The molecule has 1 aliphatic heterocycles. The molecule has 3 rings (SSSR count). The Hall–Kier alpha value is -2.53. The summed E-state index contributed by atoms with van der Waals surface area (Å²) in [7, 11) is 4.01. The predicted molar refractivity (Wildman–Crippen MR) is 107 cm³/mol. The molecule has 5 heteroatoms. The quantitative estimate of drug-likeness (QED) is 0.840. The summed E-state index contributed by atoms with van der Waals surface area (Å²) in [5.41, 5.74) is 5.30. The first-order chi connectivity index (χ1) is 11.9. The molecule has 128 valence electrons. The first-order valence-electron chi connectivity index (χ1n) is 8.06. The van der Waals surface area contributed by atoms with Gasteiger partial charge < -0.3 is 10.2 Å². The second kappa shape index (κ2) is 7.15. The van der Waals surface area contributed by atoms with Gasteiger partial charge in [-0.1, -0.05) is 29.8 Å². The molecular formula is C20H21N3OS. The fourth-order valence-electron chi connectivity index (χ4n) is 2.54. The second-order valence-electron chi connectivity index (χ2n) is 6.26. The van der Waals surface area contributed by atoms with Gasteiger partial charge >= 0.3 is 0 Å². The molecule has 2 aromatic carbocycles. The molecule has 0 spiro atoms. The van der Waals surface area contributed by atoms with Gasteiger partial charge in [-0.15, -0.1) is 0 Å². The van der Waals surface area contributed by atoms with Crippen molar-refractivity contribution >= 4 is 40.3 Å². The SMILES string of the molecule is Cc1ccc(N=C2NC(=O)C(=Cc3ccc(N(C)C)cc3)S2)c(C)c1. The molecule has 1 saturated heterocycles. The molecule has 25 heavy (non-hydrogen) atoms. The highest BCUT2D eigenvalue weighted by atomic mass is 32.2. The van der Waals surface area contributed by atoms with E-state index in [1.807, 2.05) is 68.4 Å². The Labute approximate surface area is 152 Å². The van der Waals surface area contributed by atoms with Gasteiger partial charge in [-0.05, 0) is 61.0 Å². The summed E-state index contributed by atoms with van der Waals surface area (Å²) in [4.78, 5) is 19.5. The van der Waals surface area contributed by atoms with Gasteiger partial charge in [-0.2, -0.15) is 0 Å². The van der Waals surface area contributed by atoms with Crippen LogP contribution in [0.5, 0.6) is 0 Å². The van der Waals surface area contributed by atoms with Crippen LogP contribution in [0.1, 0.15) is 16.7 Å². The van der Waals surface area contributed by atoms with Crippen molar-refractivity contribution < 1.29 is 4.79 Å². The summed E-state index contributed by atoms with van der Waals surface area (Å²) < 4.78 is 0. The molecule has 0 radical (unpaired) electrons. The molecule has 1 N–H and O–H groups in total. The van der Waals surface area contributed by atoms with Gasteiger partial charge in [0.25, 0.3) is 5.91 Å². The molecule has 1 amide bonds. The fourth-order valence-corrected chi connectivity index (χ4v) is 3.38. The minimum absolute atomic E-state index is 0.106. The van der Waals surface area contributed by atoms with E-state index in [1.54, 1.807) is 0 Å². The molecule has 1 fully saturated rings. The number of rotatable bonds is 3. The zero-order valence-electron chi connectivity index (χ0n) is 14.8. The number of thioether (sulfide) groups is 1. The molecule has 0 bridgehead atoms. The Kier molecular flexibility index (Phi) is 4.95. The Morgan fingerprint density at radius 2 is 1.80 bits per heavy atom. The highest BCUT2D eigenvalue weighted by Gasteiger charge is 2.23. The van der Waals surface area contributed by atoms with E-state index >= 15 is 0 Å². The number of hydrogen-bond acceptors (Lipinski definition) is 4. The second-order valence-corrected chi connectivity index (χ2v) is 7.29. The lowest BCUT2D eigenvalue weighted by atomic mass is 10.1. The largest absolute Gasteiger partial charge is 0.378 e. The van der Waals surface area contributed by atoms with E-state index < -0.39 is 0 Å². The standard InChI is InChI=1S/C20H21N3OS/c1-13-5-10-17(14(2)11-13)21-20-22-19(24)18(25-20)12-15-6-8-16(9-7-15)23(3)4/h5-12H,1-4H3,(H,21,22,24). The number of amides is 1. The molecule has 1 aliphatic rings. The number of aryl methyl sites for hydroxylation is 2. The van der Waals surface area contributed by atoms with Crippen LogP contribution in [0.25, 0.3) is 6.08 Å². The maximum absolute atomic E-state index is 12.2. The number of nitrogens with one attached hydrogen (secondary N) is 1. The number of carbonyl (C=O) groups is 1. The van der Waals surface area contributed by atoms with Gasteiger partial charge in [0.1, 0.15) is 0 Å². The normalized spacial score (nSPS) is 17.2. The molecule has 0 aliphatic carbocycles. The summed E-state index contributed by atoms with van der Waals surface area (Å²) in [5.74, 6) is -0.106. The molecule has 0 saturated carbocycles. The van der Waals surface area contributed by atoms with Gasteiger partial charge in [-0.25, -0.2) is 4.99 Å². The number of nitrogens with zero attached hydrogens (tertiary/aromatic N) is 2. The Bertz CT molecular complexity index is 867. The van der Waals surface area contributed by atoms with Crippen LogP contribution in [-0.4, -0.2) is 25.2 Å². The molecule has 0 aromatic heterocycles. The van der Waals surface area contributed by atoms with E-state index in [1.165, 1.54) is 17.3 Å². The topological polar surface area (TPSA) is 44.7 Å². The lowest BCUT2D eigenvalue weighted by Crippen LogP contribution is -2.19. The number of benzene rings is 2. The van der Waals surface area contributed by atoms with E-state index in [0.29, 0.717) is 10.1 Å². The van der Waals surface area contributed by atoms with E-state index in [-0.39, 0.29) is 5.91 Å². The minimum Gasteiger partial charge on any atom is -0.378 e. The number of aliphatic imine (C=N–C) groups is 1. The number of carbonyl (C=O) groups excluding carboxylic acids is 1. The molecule has 4 nitrogen and oxygen atoms in total. The average Bonchev–Trinajstić information content (AvgIpc) is 2.90. The van der Waals surface area contributed by atoms with E-state index in [0.717, 1.165) is 22.5 Å². The number of amidine groups is 1. The van der Waals surface area contributed by atoms with Gasteiger partial charge in [0.05, 0.1) is 10.6 Å². The Balaban J connectivity index is 1.81. The van der Waals surface area contributed by atoms with Crippen molar-refractivity contribution in [3.8, 4) is 0 Å². The zero-order chi connectivity index (χ0) is 18.0. The first-order valence-corrected chi connectivity index (χ1v) is 8.88. The van der Waals surface area contributed by atoms with Crippen LogP contribution in [-0.2, 0) is 4.79 Å². The maximum Gasteiger partial charge on any atom is 0.264 e. The molecular weight excluding hydrogens is 330 g/mol. The smallest absolute Gasteiger partial charge is 0.264 e. The summed E-state index contributed by atoms with van der Waals surface area (Å²) in [6, 6.07) is 14.2. The minimum atomic E-state index is -0.106. The van der Waals surface area contributed by atoms with Gasteiger partial charge in [0.2, 0.25) is 0 Å². The van der Waals surface area contributed by atoms with Crippen molar-refractivity contribution in [3.63, 3.8) is 0 Å². The maximum atomic E-state index is 12.2. The lowest BCUT2D eigenvalue weighted by Gasteiger charge is -2.11. The van der Waals surface area contributed by atoms with Crippen LogP contribution in [0.2, 0.25) is 0 Å². The summed E-state index contributed by atoms with van der Waals surface area (Å²) in [6.07, 6.45) is 1.89. The molecule has 0 atom stereocenters. The van der Waals surface area contributed by atoms with Gasteiger partial charge in [0.15, 0.2) is 5.17 Å². The molecule has 2 aromatic rings. The third-order valence-corrected chi connectivity index (χ3v) is 4.84. The third kappa shape index (κ3) is 4.12. The van der Waals surface area contributed by atoms with Crippen LogP contribution in [0.4, 0.5) is 11.4 Å². The number of anilines is 1. The summed E-state index contributed by atoms with van der Waals surface area (Å²) in [5, 5.41) is 3.46. The fraction of sp³-hybridized carbons (Fsp3) is 0.200. The highest BCUT2D eigenvalue weighted by Crippen LogP contribution is 2.29.